The topological polar surface area (TPSA) is 75.7 Å². The zero-order valence-electron chi connectivity index (χ0n) is 12.0. The molecule has 0 unspecified atom stereocenters. The quantitative estimate of drug-likeness (QED) is 0.792. The van der Waals surface area contributed by atoms with Gasteiger partial charge in [0.15, 0.2) is 5.78 Å². The molecule has 1 heterocycles. The van der Waals surface area contributed by atoms with Crippen LogP contribution in [0, 0.1) is 0 Å². The van der Waals surface area contributed by atoms with Gasteiger partial charge in [-0.1, -0.05) is 0 Å². The SMILES string of the molecule is CS(=O)(=O)Nc1ccc(C(=O)CCN2CCOCC2)cc1. The molecule has 6 nitrogen and oxygen atoms in total. The zero-order chi connectivity index (χ0) is 15.3. The molecular weight excluding hydrogens is 292 g/mol. The van der Waals surface area contributed by atoms with Gasteiger partial charge in [-0.15, -0.1) is 0 Å². The van der Waals surface area contributed by atoms with Crippen molar-refractivity contribution < 1.29 is 17.9 Å². The van der Waals surface area contributed by atoms with Crippen LogP contribution in [0.2, 0.25) is 0 Å². The van der Waals surface area contributed by atoms with Crippen molar-refractivity contribution in [3.05, 3.63) is 29.8 Å². The Balaban J connectivity index is 1.87. The predicted octanol–water partition coefficient (Wildman–Crippen LogP) is 0.963. The summed E-state index contributed by atoms with van der Waals surface area (Å²) in [6.45, 7) is 3.90. The van der Waals surface area contributed by atoms with Gasteiger partial charge in [0.2, 0.25) is 10.0 Å². The second-order valence-corrected chi connectivity index (χ2v) is 6.83. The molecule has 1 saturated heterocycles. The predicted molar refractivity (Wildman–Crippen MR) is 81.1 cm³/mol. The lowest BCUT2D eigenvalue weighted by Crippen LogP contribution is -2.37. The van der Waals surface area contributed by atoms with Crippen LogP contribution in [-0.2, 0) is 14.8 Å². The molecule has 0 atom stereocenters. The molecule has 0 aliphatic carbocycles. The highest BCUT2D eigenvalue weighted by Crippen LogP contribution is 2.12. The summed E-state index contributed by atoms with van der Waals surface area (Å²) in [5.74, 6) is 0.0624. The van der Waals surface area contributed by atoms with Gasteiger partial charge in [-0.25, -0.2) is 8.42 Å². The summed E-state index contributed by atoms with van der Waals surface area (Å²) >= 11 is 0. The fourth-order valence-corrected chi connectivity index (χ4v) is 2.73. The number of anilines is 1. The number of ether oxygens (including phenoxy) is 1. The molecular formula is C14H20N2O4S. The molecule has 1 aliphatic rings. The molecule has 0 saturated carbocycles. The fraction of sp³-hybridized carbons (Fsp3) is 0.500. The fourth-order valence-electron chi connectivity index (χ4n) is 2.17. The number of nitrogens with one attached hydrogen (secondary N) is 1. The van der Waals surface area contributed by atoms with Crippen LogP contribution in [0.4, 0.5) is 5.69 Å². The molecule has 1 N–H and O–H groups in total. The van der Waals surface area contributed by atoms with Gasteiger partial charge in [0.1, 0.15) is 0 Å². The number of carbonyl (C=O) groups excluding carboxylic acids is 1. The van der Waals surface area contributed by atoms with Gasteiger partial charge in [-0.2, -0.15) is 0 Å². The number of hydrogen-bond donors (Lipinski definition) is 1. The first-order valence-corrected chi connectivity index (χ1v) is 8.74. The van der Waals surface area contributed by atoms with E-state index in [0.29, 0.717) is 17.7 Å². The van der Waals surface area contributed by atoms with Crippen molar-refractivity contribution in [2.45, 2.75) is 6.42 Å². The highest BCUT2D eigenvalue weighted by atomic mass is 32.2. The second kappa shape index (κ2) is 7.02. The molecule has 1 aliphatic heterocycles. The smallest absolute Gasteiger partial charge is 0.229 e. The molecule has 0 aromatic heterocycles. The maximum absolute atomic E-state index is 12.1. The van der Waals surface area contributed by atoms with Crippen molar-refractivity contribution in [2.24, 2.45) is 0 Å². The summed E-state index contributed by atoms with van der Waals surface area (Å²) < 4.78 is 29.8. The number of rotatable bonds is 6. The number of sulfonamides is 1. The van der Waals surface area contributed by atoms with Gasteiger partial charge in [0.25, 0.3) is 0 Å². The van der Waals surface area contributed by atoms with E-state index in [-0.39, 0.29) is 5.78 Å². The Morgan fingerprint density at radius 2 is 1.86 bits per heavy atom. The van der Waals surface area contributed by atoms with Crippen molar-refractivity contribution in [1.82, 2.24) is 4.90 Å². The van der Waals surface area contributed by atoms with Gasteiger partial charge >= 0.3 is 0 Å². The third-order valence-corrected chi connectivity index (χ3v) is 3.88. The summed E-state index contributed by atoms with van der Waals surface area (Å²) in [6.07, 6.45) is 1.55. The van der Waals surface area contributed by atoms with Crippen LogP contribution in [-0.4, -0.2) is 58.2 Å². The number of morpholine rings is 1. The molecule has 21 heavy (non-hydrogen) atoms. The Morgan fingerprint density at radius 3 is 2.43 bits per heavy atom. The number of hydrogen-bond acceptors (Lipinski definition) is 5. The molecule has 1 aromatic carbocycles. The van der Waals surface area contributed by atoms with Crippen molar-refractivity contribution in [3.8, 4) is 0 Å². The molecule has 2 rings (SSSR count). The van der Waals surface area contributed by atoms with Crippen molar-refractivity contribution in [2.75, 3.05) is 43.8 Å². The van der Waals surface area contributed by atoms with Crippen LogP contribution in [0.15, 0.2) is 24.3 Å². The Labute approximate surface area is 125 Å². The van der Waals surface area contributed by atoms with Gasteiger partial charge in [-0.3, -0.25) is 14.4 Å². The van der Waals surface area contributed by atoms with Gasteiger partial charge in [0, 0.05) is 37.3 Å². The minimum atomic E-state index is -3.29. The Kier molecular flexibility index (Phi) is 5.33. The van der Waals surface area contributed by atoms with Crippen molar-refractivity contribution >= 4 is 21.5 Å². The second-order valence-electron chi connectivity index (χ2n) is 5.08. The Hall–Kier alpha value is -1.44. The maximum atomic E-state index is 12.1. The Bertz CT molecular complexity index is 577. The number of nitrogens with zero attached hydrogens (tertiary/aromatic N) is 1. The van der Waals surface area contributed by atoms with Crippen LogP contribution in [0.1, 0.15) is 16.8 Å². The van der Waals surface area contributed by atoms with E-state index in [1.165, 1.54) is 0 Å². The minimum absolute atomic E-state index is 0.0624. The molecule has 0 radical (unpaired) electrons. The highest BCUT2D eigenvalue weighted by Gasteiger charge is 2.13. The average molecular weight is 312 g/mol. The summed E-state index contributed by atoms with van der Waals surface area (Å²) in [5, 5.41) is 0. The van der Waals surface area contributed by atoms with E-state index >= 15 is 0 Å². The lowest BCUT2D eigenvalue weighted by Gasteiger charge is -2.26. The Morgan fingerprint density at radius 1 is 1.24 bits per heavy atom. The molecule has 0 amide bonds. The maximum Gasteiger partial charge on any atom is 0.229 e. The largest absolute Gasteiger partial charge is 0.379 e. The molecule has 1 fully saturated rings. The summed E-state index contributed by atoms with van der Waals surface area (Å²) in [5.41, 5.74) is 1.06. The third kappa shape index (κ3) is 5.45. The molecule has 0 spiro atoms. The van der Waals surface area contributed by atoms with Crippen LogP contribution in [0.25, 0.3) is 0 Å². The summed E-state index contributed by atoms with van der Waals surface area (Å²) in [4.78, 5) is 14.3. The lowest BCUT2D eigenvalue weighted by atomic mass is 10.1. The third-order valence-electron chi connectivity index (χ3n) is 3.27. The van der Waals surface area contributed by atoms with E-state index < -0.39 is 10.0 Å². The van der Waals surface area contributed by atoms with Crippen LogP contribution >= 0.6 is 0 Å². The summed E-state index contributed by atoms with van der Waals surface area (Å²) in [6, 6.07) is 6.50. The van der Waals surface area contributed by atoms with E-state index in [2.05, 4.69) is 9.62 Å². The number of carbonyl (C=O) groups is 1. The first-order valence-electron chi connectivity index (χ1n) is 6.85. The standard InChI is InChI=1S/C14H20N2O4S/c1-21(18,19)15-13-4-2-12(3-5-13)14(17)6-7-16-8-10-20-11-9-16/h2-5,15H,6-11H2,1H3. The summed E-state index contributed by atoms with van der Waals surface area (Å²) in [7, 11) is -3.29. The zero-order valence-corrected chi connectivity index (χ0v) is 12.9. The van der Waals surface area contributed by atoms with Gasteiger partial charge in [0.05, 0.1) is 19.5 Å². The lowest BCUT2D eigenvalue weighted by molar-refractivity contribution is 0.0370. The van der Waals surface area contributed by atoms with Gasteiger partial charge in [-0.05, 0) is 24.3 Å². The monoisotopic (exact) mass is 312 g/mol. The van der Waals surface area contributed by atoms with E-state index in [1.807, 2.05) is 0 Å². The number of ketones is 1. The minimum Gasteiger partial charge on any atom is -0.379 e. The van der Waals surface area contributed by atoms with E-state index in [1.54, 1.807) is 24.3 Å². The van der Waals surface area contributed by atoms with Gasteiger partial charge < -0.3 is 4.74 Å². The molecule has 1 aromatic rings. The number of Topliss-reactive ketones (excluding diaryl/α,β-unsaturated/α-hetero) is 1. The van der Waals surface area contributed by atoms with E-state index in [4.69, 9.17) is 4.74 Å². The molecule has 7 heteroatoms. The van der Waals surface area contributed by atoms with Crippen LogP contribution in [0.5, 0.6) is 0 Å². The van der Waals surface area contributed by atoms with Crippen LogP contribution in [0.3, 0.4) is 0 Å². The highest BCUT2D eigenvalue weighted by molar-refractivity contribution is 7.92. The van der Waals surface area contributed by atoms with Crippen molar-refractivity contribution in [1.29, 1.82) is 0 Å². The average Bonchev–Trinajstić information content (AvgIpc) is 2.45. The van der Waals surface area contributed by atoms with E-state index in [9.17, 15) is 13.2 Å². The molecule has 0 bridgehead atoms. The number of benzene rings is 1. The molecule has 116 valence electrons. The van der Waals surface area contributed by atoms with E-state index in [0.717, 1.165) is 39.1 Å². The van der Waals surface area contributed by atoms with Crippen molar-refractivity contribution in [3.63, 3.8) is 0 Å². The first kappa shape index (κ1) is 15.9. The first-order chi connectivity index (χ1) is 9.94. The normalized spacial score (nSPS) is 16.6. The van der Waals surface area contributed by atoms with Crippen LogP contribution < -0.4 is 4.72 Å².